The van der Waals surface area contributed by atoms with Crippen molar-refractivity contribution in [2.24, 2.45) is 0 Å². The van der Waals surface area contributed by atoms with Gasteiger partial charge in [-0.2, -0.15) is 0 Å². The van der Waals surface area contributed by atoms with Crippen LogP contribution in [0.1, 0.15) is 11.3 Å². The molecule has 0 aliphatic carbocycles. The van der Waals surface area contributed by atoms with Crippen molar-refractivity contribution in [1.29, 1.82) is 0 Å². The van der Waals surface area contributed by atoms with Crippen LogP contribution in [0.2, 0.25) is 0 Å². The van der Waals surface area contributed by atoms with E-state index in [1.807, 2.05) is 0 Å². The molecule has 0 amide bonds. The van der Waals surface area contributed by atoms with E-state index < -0.39 is 6.36 Å². The molecule has 0 unspecified atom stereocenters. The maximum atomic E-state index is 12.2. The van der Waals surface area contributed by atoms with Crippen molar-refractivity contribution in [1.82, 2.24) is 14.5 Å². The van der Waals surface area contributed by atoms with Crippen LogP contribution in [0, 0.1) is 6.92 Å². The fourth-order valence-electron chi connectivity index (χ4n) is 2.50. The van der Waals surface area contributed by atoms with Crippen molar-refractivity contribution < 1.29 is 17.9 Å². The molecule has 1 aromatic carbocycles. The Morgan fingerprint density at radius 3 is 2.58 bits per heavy atom. The Balaban J connectivity index is 1.93. The zero-order chi connectivity index (χ0) is 17.5. The van der Waals surface area contributed by atoms with E-state index in [1.165, 1.54) is 24.3 Å². The molecule has 6 nitrogen and oxygen atoms in total. The third-order valence-electron chi connectivity index (χ3n) is 3.48. The van der Waals surface area contributed by atoms with Crippen LogP contribution in [-0.2, 0) is 6.54 Å². The number of nitrogens with zero attached hydrogens (tertiary/aromatic N) is 2. The summed E-state index contributed by atoms with van der Waals surface area (Å²) in [6.45, 7) is 2.11. The van der Waals surface area contributed by atoms with Crippen molar-refractivity contribution in [2.45, 2.75) is 19.8 Å². The Morgan fingerprint density at radius 1 is 1.29 bits per heavy atom. The van der Waals surface area contributed by atoms with Crippen LogP contribution in [0.4, 0.5) is 19.1 Å². The van der Waals surface area contributed by atoms with Crippen LogP contribution in [0.15, 0.2) is 35.1 Å². The van der Waals surface area contributed by atoms with Crippen molar-refractivity contribution in [3.63, 3.8) is 0 Å². The number of H-pyrrole nitrogens is 1. The Hall–Kier alpha value is -2.97. The molecule has 3 aromatic rings. The van der Waals surface area contributed by atoms with Gasteiger partial charge in [0.2, 0.25) is 5.95 Å². The molecule has 0 aliphatic rings. The van der Waals surface area contributed by atoms with Crippen LogP contribution in [0.5, 0.6) is 5.75 Å². The number of nitrogen functional groups attached to an aromatic ring is 1. The molecule has 0 aliphatic heterocycles. The van der Waals surface area contributed by atoms with Gasteiger partial charge in [0.15, 0.2) is 0 Å². The number of hydrogen-bond donors (Lipinski definition) is 2. The molecule has 0 spiro atoms. The van der Waals surface area contributed by atoms with Crippen LogP contribution in [0.25, 0.3) is 11.0 Å². The lowest BCUT2D eigenvalue weighted by Crippen LogP contribution is -2.17. The first-order chi connectivity index (χ1) is 11.2. The second-order valence-electron chi connectivity index (χ2n) is 5.25. The van der Waals surface area contributed by atoms with Gasteiger partial charge in [0, 0.05) is 12.2 Å². The first-order valence-corrected chi connectivity index (χ1v) is 6.93. The third-order valence-corrected chi connectivity index (χ3v) is 3.48. The first kappa shape index (κ1) is 15.9. The molecule has 0 saturated heterocycles. The number of aromatic amines is 1. The summed E-state index contributed by atoms with van der Waals surface area (Å²) in [5.41, 5.74) is 7.46. The molecule has 24 heavy (non-hydrogen) atoms. The molecule has 0 fully saturated rings. The van der Waals surface area contributed by atoms with E-state index in [9.17, 15) is 18.0 Å². The van der Waals surface area contributed by atoms with E-state index in [2.05, 4.69) is 14.7 Å². The van der Waals surface area contributed by atoms with E-state index in [0.29, 0.717) is 23.1 Å². The molecule has 2 aromatic heterocycles. The maximum Gasteiger partial charge on any atom is 0.573 e. The smallest absolute Gasteiger partial charge is 0.406 e. The fraction of sp³-hybridized carbons (Fsp3) is 0.200. The quantitative estimate of drug-likeness (QED) is 0.768. The Bertz CT molecular complexity index is 942. The fourth-order valence-corrected chi connectivity index (χ4v) is 2.50. The van der Waals surface area contributed by atoms with E-state index in [0.717, 1.165) is 5.69 Å². The standard InChI is InChI=1S/C15H13F3N4O2/c1-8-6-11-12(13(23)21-14(19)20-11)22(8)7-9-2-4-10(5-3-9)24-15(16,17)18/h2-6H,7H2,1H3,(H3,19,20,21,23). The highest BCUT2D eigenvalue weighted by atomic mass is 19.4. The minimum atomic E-state index is -4.73. The van der Waals surface area contributed by atoms with Crippen molar-refractivity contribution in [3.8, 4) is 5.75 Å². The normalized spacial score (nSPS) is 11.8. The molecular formula is C15H13F3N4O2. The number of ether oxygens (including phenoxy) is 1. The number of fused-ring (bicyclic) bond motifs is 1. The van der Waals surface area contributed by atoms with Crippen LogP contribution in [0.3, 0.4) is 0 Å². The number of halogens is 3. The highest BCUT2D eigenvalue weighted by Gasteiger charge is 2.30. The topological polar surface area (TPSA) is 85.9 Å². The summed E-state index contributed by atoms with van der Waals surface area (Å²) in [5.74, 6) is -0.272. The molecule has 3 rings (SSSR count). The zero-order valence-electron chi connectivity index (χ0n) is 12.5. The lowest BCUT2D eigenvalue weighted by atomic mass is 10.2. The van der Waals surface area contributed by atoms with Crippen LogP contribution < -0.4 is 16.0 Å². The van der Waals surface area contributed by atoms with Gasteiger partial charge >= 0.3 is 6.36 Å². The second kappa shape index (κ2) is 5.59. The number of rotatable bonds is 3. The summed E-state index contributed by atoms with van der Waals surface area (Å²) < 4.78 is 42.1. The van der Waals surface area contributed by atoms with Gasteiger partial charge in [-0.1, -0.05) is 12.1 Å². The predicted octanol–water partition coefficient (Wildman–Crippen LogP) is 2.56. The SMILES string of the molecule is Cc1cc2nc(N)[nH]c(=O)c2n1Cc1ccc(OC(F)(F)F)cc1. The van der Waals surface area contributed by atoms with Crippen molar-refractivity contribution in [2.75, 3.05) is 5.73 Å². The Morgan fingerprint density at radius 2 is 1.96 bits per heavy atom. The predicted molar refractivity (Wildman–Crippen MR) is 81.7 cm³/mol. The van der Waals surface area contributed by atoms with Crippen LogP contribution >= 0.6 is 0 Å². The summed E-state index contributed by atoms with van der Waals surface area (Å²) in [6, 6.07) is 7.19. The minimum Gasteiger partial charge on any atom is -0.406 e. The number of nitrogens with two attached hydrogens (primary N) is 1. The van der Waals surface area contributed by atoms with E-state index in [-0.39, 0.29) is 17.3 Å². The monoisotopic (exact) mass is 338 g/mol. The first-order valence-electron chi connectivity index (χ1n) is 6.93. The van der Waals surface area contributed by atoms with Crippen molar-refractivity contribution in [3.05, 3.63) is 51.9 Å². The third kappa shape index (κ3) is 3.19. The molecular weight excluding hydrogens is 325 g/mol. The summed E-state index contributed by atoms with van der Waals surface area (Å²) in [5, 5.41) is 0. The molecule has 0 bridgehead atoms. The average Bonchev–Trinajstić information content (AvgIpc) is 2.75. The second-order valence-corrected chi connectivity index (χ2v) is 5.25. The van der Waals surface area contributed by atoms with Gasteiger partial charge in [0.25, 0.3) is 5.56 Å². The number of hydrogen-bond acceptors (Lipinski definition) is 4. The molecule has 2 heterocycles. The minimum absolute atomic E-state index is 0.0262. The Kier molecular flexibility index (Phi) is 3.70. The zero-order valence-corrected chi connectivity index (χ0v) is 12.5. The highest BCUT2D eigenvalue weighted by Crippen LogP contribution is 2.23. The average molecular weight is 338 g/mol. The molecule has 0 radical (unpaired) electrons. The van der Waals surface area contributed by atoms with Crippen molar-refractivity contribution >= 4 is 17.0 Å². The van der Waals surface area contributed by atoms with Gasteiger partial charge in [-0.05, 0) is 30.7 Å². The number of anilines is 1. The van der Waals surface area contributed by atoms with Gasteiger partial charge in [-0.3, -0.25) is 9.78 Å². The van der Waals surface area contributed by atoms with Gasteiger partial charge < -0.3 is 15.0 Å². The summed E-state index contributed by atoms with van der Waals surface area (Å²) in [7, 11) is 0. The Labute approximate surface area is 133 Å². The van der Waals surface area contributed by atoms with Crippen LogP contribution in [-0.4, -0.2) is 20.9 Å². The highest BCUT2D eigenvalue weighted by molar-refractivity contribution is 5.77. The number of nitrogens with one attached hydrogen (secondary N) is 1. The van der Waals surface area contributed by atoms with Gasteiger partial charge in [-0.15, -0.1) is 13.2 Å². The summed E-state index contributed by atoms with van der Waals surface area (Å²) in [6.07, 6.45) is -4.73. The molecule has 0 saturated carbocycles. The molecule has 0 atom stereocenters. The summed E-state index contributed by atoms with van der Waals surface area (Å²) in [4.78, 5) is 18.6. The summed E-state index contributed by atoms with van der Waals surface area (Å²) >= 11 is 0. The lowest BCUT2D eigenvalue weighted by Gasteiger charge is -2.11. The molecule has 3 N–H and O–H groups in total. The van der Waals surface area contributed by atoms with E-state index in [1.54, 1.807) is 17.6 Å². The van der Waals surface area contributed by atoms with Gasteiger partial charge in [0.1, 0.15) is 11.3 Å². The lowest BCUT2D eigenvalue weighted by molar-refractivity contribution is -0.274. The molecule has 9 heteroatoms. The number of aromatic nitrogens is 3. The van der Waals surface area contributed by atoms with Gasteiger partial charge in [0.05, 0.1) is 5.52 Å². The van der Waals surface area contributed by atoms with E-state index in [4.69, 9.17) is 5.73 Å². The number of aryl methyl sites for hydroxylation is 1. The number of alkyl halides is 3. The maximum absolute atomic E-state index is 12.2. The van der Waals surface area contributed by atoms with E-state index >= 15 is 0 Å². The number of benzene rings is 1. The van der Waals surface area contributed by atoms with Gasteiger partial charge in [-0.25, -0.2) is 4.98 Å². The largest absolute Gasteiger partial charge is 0.573 e. The molecule has 126 valence electrons.